The van der Waals surface area contributed by atoms with Gasteiger partial charge in [0.2, 0.25) is 11.8 Å². The number of carbonyl (C=O) groups is 3. The van der Waals surface area contributed by atoms with E-state index in [9.17, 15) is 14.4 Å². The quantitative estimate of drug-likeness (QED) is 0.723. The third-order valence-electron chi connectivity index (χ3n) is 6.22. The Morgan fingerprint density at radius 2 is 1.31 bits per heavy atom. The maximum absolute atomic E-state index is 12.7. The Kier molecular flexibility index (Phi) is 8.09. The molecule has 4 amide bonds. The smallest absolute Gasteiger partial charge is 0.319 e. The van der Waals surface area contributed by atoms with Crippen LogP contribution in [0.25, 0.3) is 0 Å². The van der Waals surface area contributed by atoms with Crippen LogP contribution < -0.4 is 5.32 Å². The molecule has 2 aliphatic rings. The van der Waals surface area contributed by atoms with Crippen molar-refractivity contribution in [2.45, 2.75) is 13.8 Å². The summed E-state index contributed by atoms with van der Waals surface area (Å²) in [5, 5.41) is 3.03. The van der Waals surface area contributed by atoms with E-state index in [4.69, 9.17) is 0 Å². The van der Waals surface area contributed by atoms with Crippen molar-refractivity contribution in [3.63, 3.8) is 0 Å². The maximum atomic E-state index is 12.7. The number of amides is 4. The molecule has 9 heteroatoms. The molecule has 0 saturated carbocycles. The Balaban J connectivity index is 1.38. The summed E-state index contributed by atoms with van der Waals surface area (Å²) in [6.07, 6.45) is 0. The minimum Gasteiger partial charge on any atom is -0.339 e. The molecule has 32 heavy (non-hydrogen) atoms. The van der Waals surface area contributed by atoms with E-state index >= 15 is 0 Å². The first kappa shape index (κ1) is 24.0. The molecule has 0 atom stereocenters. The fourth-order valence-corrected chi connectivity index (χ4v) is 4.22. The highest BCUT2D eigenvalue weighted by Gasteiger charge is 2.27. The number of benzene rings is 1. The fraction of sp³-hybridized carbons (Fsp3) is 0.609. The first-order valence-electron chi connectivity index (χ1n) is 11.3. The molecule has 2 fully saturated rings. The minimum atomic E-state index is -0.0210. The van der Waals surface area contributed by atoms with E-state index in [2.05, 4.69) is 15.1 Å². The molecule has 176 valence electrons. The van der Waals surface area contributed by atoms with Crippen molar-refractivity contribution in [2.24, 2.45) is 0 Å². The second kappa shape index (κ2) is 10.8. The van der Waals surface area contributed by atoms with Crippen molar-refractivity contribution in [3.05, 3.63) is 29.3 Å². The van der Waals surface area contributed by atoms with Crippen LogP contribution in [0.1, 0.15) is 11.1 Å². The molecule has 1 aromatic rings. The summed E-state index contributed by atoms with van der Waals surface area (Å²) in [7, 11) is 3.51. The molecule has 0 aliphatic carbocycles. The molecule has 2 saturated heterocycles. The summed E-state index contributed by atoms with van der Waals surface area (Å²) in [4.78, 5) is 46.8. The highest BCUT2D eigenvalue weighted by atomic mass is 16.2. The van der Waals surface area contributed by atoms with E-state index in [1.54, 1.807) is 19.0 Å². The first-order chi connectivity index (χ1) is 15.2. The Morgan fingerprint density at radius 1 is 0.812 bits per heavy atom. The first-order valence-corrected chi connectivity index (χ1v) is 11.3. The van der Waals surface area contributed by atoms with Crippen LogP contribution in [0.4, 0.5) is 10.5 Å². The summed E-state index contributed by atoms with van der Waals surface area (Å²) in [5.41, 5.74) is 3.00. The van der Waals surface area contributed by atoms with Crippen LogP contribution >= 0.6 is 0 Å². The van der Waals surface area contributed by atoms with Crippen LogP contribution in [0.5, 0.6) is 0 Å². The van der Waals surface area contributed by atoms with E-state index in [-0.39, 0.29) is 17.8 Å². The number of nitrogens with one attached hydrogen (secondary N) is 1. The van der Waals surface area contributed by atoms with Gasteiger partial charge >= 0.3 is 6.03 Å². The number of carbonyl (C=O) groups excluding carboxylic acids is 3. The van der Waals surface area contributed by atoms with Crippen molar-refractivity contribution in [3.8, 4) is 0 Å². The number of hydrogen-bond acceptors (Lipinski definition) is 5. The summed E-state index contributed by atoms with van der Waals surface area (Å²) in [6.45, 7) is 10.1. The molecule has 1 N–H and O–H groups in total. The normalized spacial score (nSPS) is 17.9. The van der Waals surface area contributed by atoms with E-state index in [1.165, 1.54) is 0 Å². The molecule has 2 heterocycles. The molecule has 9 nitrogen and oxygen atoms in total. The summed E-state index contributed by atoms with van der Waals surface area (Å²) in [5.74, 6) is 0.101. The zero-order chi connectivity index (χ0) is 23.3. The number of piperazine rings is 2. The van der Waals surface area contributed by atoms with Crippen molar-refractivity contribution in [2.75, 3.05) is 84.9 Å². The average molecular weight is 445 g/mol. The van der Waals surface area contributed by atoms with Gasteiger partial charge in [-0.15, -0.1) is 0 Å². The third kappa shape index (κ3) is 6.20. The van der Waals surface area contributed by atoms with Crippen molar-refractivity contribution >= 4 is 23.5 Å². The minimum absolute atomic E-state index is 0.0210. The van der Waals surface area contributed by atoms with Gasteiger partial charge in [0.05, 0.1) is 13.1 Å². The van der Waals surface area contributed by atoms with Gasteiger partial charge in [-0.05, 0) is 25.0 Å². The van der Waals surface area contributed by atoms with Crippen LogP contribution in [0.3, 0.4) is 0 Å². The lowest BCUT2D eigenvalue weighted by atomic mass is 10.1. The van der Waals surface area contributed by atoms with E-state index in [0.29, 0.717) is 65.4 Å². The zero-order valence-electron chi connectivity index (χ0n) is 19.8. The monoisotopic (exact) mass is 444 g/mol. The number of anilines is 1. The van der Waals surface area contributed by atoms with Crippen LogP contribution in [-0.4, -0.2) is 122 Å². The van der Waals surface area contributed by atoms with Crippen LogP contribution in [0, 0.1) is 13.8 Å². The zero-order valence-corrected chi connectivity index (χ0v) is 19.8. The number of aryl methyl sites for hydroxylation is 2. The second-order valence-electron chi connectivity index (χ2n) is 8.91. The number of para-hydroxylation sites is 1. The maximum Gasteiger partial charge on any atom is 0.319 e. The van der Waals surface area contributed by atoms with Crippen LogP contribution in [0.15, 0.2) is 18.2 Å². The third-order valence-corrected chi connectivity index (χ3v) is 6.22. The van der Waals surface area contributed by atoms with Crippen molar-refractivity contribution in [1.29, 1.82) is 0 Å². The summed E-state index contributed by atoms with van der Waals surface area (Å²) < 4.78 is 0. The standard InChI is InChI=1S/C23H36N6O3/c1-18-6-5-7-19(2)22(18)24-20(30)16-26-8-12-28(13-9-26)21(31)17-27-10-14-29(15-11-27)23(32)25(3)4/h5-7H,8-17H2,1-4H3,(H,24,30). The Hall–Kier alpha value is -2.65. The lowest BCUT2D eigenvalue weighted by Gasteiger charge is -2.38. The molecule has 3 rings (SSSR count). The van der Waals surface area contributed by atoms with Gasteiger partial charge < -0.3 is 20.0 Å². The number of urea groups is 1. The highest BCUT2D eigenvalue weighted by molar-refractivity contribution is 5.93. The highest BCUT2D eigenvalue weighted by Crippen LogP contribution is 2.19. The number of hydrogen-bond donors (Lipinski definition) is 1. The number of nitrogens with zero attached hydrogens (tertiary/aromatic N) is 5. The van der Waals surface area contributed by atoms with Crippen molar-refractivity contribution < 1.29 is 14.4 Å². The lowest BCUT2D eigenvalue weighted by Crippen LogP contribution is -2.55. The van der Waals surface area contributed by atoms with Crippen LogP contribution in [-0.2, 0) is 9.59 Å². The second-order valence-corrected chi connectivity index (χ2v) is 8.91. The van der Waals surface area contributed by atoms with Crippen LogP contribution in [0.2, 0.25) is 0 Å². The average Bonchev–Trinajstić information content (AvgIpc) is 2.77. The molecular weight excluding hydrogens is 408 g/mol. The molecule has 0 radical (unpaired) electrons. The van der Waals surface area contributed by atoms with Crippen molar-refractivity contribution in [1.82, 2.24) is 24.5 Å². The van der Waals surface area contributed by atoms with Gasteiger partial charge in [-0.1, -0.05) is 18.2 Å². The van der Waals surface area contributed by atoms with Gasteiger partial charge in [0, 0.05) is 72.1 Å². The molecule has 0 bridgehead atoms. The molecule has 0 unspecified atom stereocenters. The largest absolute Gasteiger partial charge is 0.339 e. The van der Waals surface area contributed by atoms with E-state index < -0.39 is 0 Å². The van der Waals surface area contributed by atoms with Gasteiger partial charge in [0.1, 0.15) is 0 Å². The van der Waals surface area contributed by atoms with Gasteiger partial charge in [-0.2, -0.15) is 0 Å². The van der Waals surface area contributed by atoms with Gasteiger partial charge in [-0.3, -0.25) is 19.4 Å². The lowest BCUT2D eigenvalue weighted by molar-refractivity contribution is -0.134. The van der Waals surface area contributed by atoms with Gasteiger partial charge in [0.25, 0.3) is 0 Å². The van der Waals surface area contributed by atoms with E-state index in [0.717, 1.165) is 16.8 Å². The Labute approximate surface area is 190 Å². The Morgan fingerprint density at radius 3 is 1.84 bits per heavy atom. The summed E-state index contributed by atoms with van der Waals surface area (Å²) >= 11 is 0. The molecule has 1 aromatic carbocycles. The van der Waals surface area contributed by atoms with E-state index in [1.807, 2.05) is 41.8 Å². The van der Waals surface area contributed by atoms with Gasteiger partial charge in [0.15, 0.2) is 0 Å². The molecule has 0 aromatic heterocycles. The number of rotatable bonds is 5. The Bertz CT molecular complexity index is 807. The molecule has 0 spiro atoms. The SMILES string of the molecule is Cc1cccc(C)c1NC(=O)CN1CCN(C(=O)CN2CCN(C(=O)N(C)C)CC2)CC1. The molecule has 2 aliphatic heterocycles. The van der Waals surface area contributed by atoms with Gasteiger partial charge in [-0.25, -0.2) is 4.79 Å². The predicted octanol–water partition coefficient (Wildman–Crippen LogP) is 0.685. The molecular formula is C23H36N6O3. The summed E-state index contributed by atoms with van der Waals surface area (Å²) in [6, 6.07) is 5.99. The fourth-order valence-electron chi connectivity index (χ4n) is 4.22. The topological polar surface area (TPSA) is 79.4 Å². The predicted molar refractivity (Wildman–Crippen MR) is 125 cm³/mol.